The van der Waals surface area contributed by atoms with Gasteiger partial charge in [0.25, 0.3) is 0 Å². The first-order chi connectivity index (χ1) is 13.9. The maximum atomic E-state index is 11.8. The van der Waals surface area contributed by atoms with Crippen molar-refractivity contribution in [2.24, 2.45) is 0 Å². The van der Waals surface area contributed by atoms with Gasteiger partial charge in [-0.1, -0.05) is 70.4 Å². The van der Waals surface area contributed by atoms with Crippen molar-refractivity contribution in [3.63, 3.8) is 0 Å². The van der Waals surface area contributed by atoms with Crippen molar-refractivity contribution >= 4 is 13.7 Å². The molecule has 172 valence electrons. The van der Waals surface area contributed by atoms with E-state index in [2.05, 4.69) is 28.9 Å². The number of carbonyl (C=O) groups excluding carboxylic acids is 1. The molecule has 0 fully saturated rings. The lowest BCUT2D eigenvalue weighted by Crippen LogP contribution is -2.41. The number of rotatable bonds is 20. The van der Waals surface area contributed by atoms with E-state index in [1.165, 1.54) is 44.9 Å². The van der Waals surface area contributed by atoms with Gasteiger partial charge in [0, 0.05) is 6.42 Å². The molecule has 0 aliphatic rings. The third-order valence-electron chi connectivity index (χ3n) is 4.68. The molecule has 1 amide bonds. The van der Waals surface area contributed by atoms with E-state index in [0.717, 1.165) is 38.5 Å². The van der Waals surface area contributed by atoms with E-state index < -0.39 is 27.1 Å². The summed E-state index contributed by atoms with van der Waals surface area (Å²) in [4.78, 5) is 32.6. The zero-order valence-corrected chi connectivity index (χ0v) is 18.9. The van der Waals surface area contributed by atoms with Crippen molar-refractivity contribution in [2.45, 2.75) is 103 Å². The van der Waals surface area contributed by atoms with E-state index in [4.69, 9.17) is 5.11 Å². The fourth-order valence-corrected chi connectivity index (χ4v) is 3.34. The molecule has 0 spiro atoms. The summed E-state index contributed by atoms with van der Waals surface area (Å²) in [5.41, 5.74) is 0. The highest BCUT2D eigenvalue weighted by Crippen LogP contribution is 2.24. The van der Waals surface area contributed by atoms with E-state index >= 15 is 0 Å². The highest BCUT2D eigenvalue weighted by molar-refractivity contribution is 7.43. The molecule has 0 aliphatic heterocycles. The normalized spacial score (nSPS) is 13.1. The molecule has 0 radical (unpaired) electrons. The summed E-state index contributed by atoms with van der Waals surface area (Å²) in [5.74, 6) is -0.281. The minimum Gasteiger partial charge on any atom is -0.790 e. The van der Waals surface area contributed by atoms with Crippen LogP contribution in [0.15, 0.2) is 12.2 Å². The second-order valence-corrected chi connectivity index (χ2v) is 8.68. The molecule has 29 heavy (non-hydrogen) atoms. The van der Waals surface area contributed by atoms with E-state index in [-0.39, 0.29) is 5.91 Å². The van der Waals surface area contributed by atoms with Gasteiger partial charge < -0.3 is 29.3 Å². The van der Waals surface area contributed by atoms with Crippen LogP contribution in [0.3, 0.4) is 0 Å². The lowest BCUT2D eigenvalue weighted by atomic mass is 10.1. The van der Waals surface area contributed by atoms with Crippen LogP contribution in [0.4, 0.5) is 0 Å². The van der Waals surface area contributed by atoms with Crippen LogP contribution in [0, 0.1) is 0 Å². The van der Waals surface area contributed by atoms with Gasteiger partial charge in [0.2, 0.25) is 5.91 Å². The minimum absolute atomic E-state index is 0.281. The average Bonchev–Trinajstić information content (AvgIpc) is 2.67. The van der Waals surface area contributed by atoms with Gasteiger partial charge in [0.15, 0.2) is 0 Å². The zero-order chi connectivity index (χ0) is 21.8. The first kappa shape index (κ1) is 28.3. The number of hydrogen-bond acceptors (Lipinski definition) is 6. The summed E-state index contributed by atoms with van der Waals surface area (Å²) in [6, 6.07) is -0.887. The molecule has 0 rings (SSSR count). The molecule has 0 aromatic carbocycles. The SMILES string of the molecule is CCCCCCCC/C=C\CCCCCCCC(=O)N[C@@H](CO)COP(=O)([O-])[O-]. The van der Waals surface area contributed by atoms with Gasteiger partial charge in [-0.05, 0) is 32.1 Å². The topological polar surface area (TPSA) is 122 Å². The molecular formula is C21H40NO6P-2. The molecule has 0 saturated heterocycles. The molecule has 7 nitrogen and oxygen atoms in total. The Balaban J connectivity index is 3.49. The Hall–Kier alpha value is -0.720. The van der Waals surface area contributed by atoms with Crippen LogP contribution in [-0.2, 0) is 13.9 Å². The largest absolute Gasteiger partial charge is 0.790 e. The quantitative estimate of drug-likeness (QED) is 0.172. The van der Waals surface area contributed by atoms with Crippen LogP contribution in [0.5, 0.6) is 0 Å². The molecule has 0 aliphatic carbocycles. The van der Waals surface area contributed by atoms with Crippen LogP contribution < -0.4 is 15.1 Å². The maximum Gasteiger partial charge on any atom is 0.220 e. The Morgan fingerprint density at radius 2 is 1.48 bits per heavy atom. The number of hydrogen-bond donors (Lipinski definition) is 2. The van der Waals surface area contributed by atoms with E-state index in [1.54, 1.807) is 0 Å². The number of aliphatic hydroxyl groups excluding tert-OH is 1. The Morgan fingerprint density at radius 3 is 2.00 bits per heavy atom. The highest BCUT2D eigenvalue weighted by atomic mass is 31.2. The molecule has 0 unspecified atom stereocenters. The Kier molecular flexibility index (Phi) is 18.8. The number of phosphoric acid groups is 1. The zero-order valence-electron chi connectivity index (χ0n) is 18.0. The summed E-state index contributed by atoms with van der Waals surface area (Å²) in [7, 11) is -5.10. The first-order valence-electron chi connectivity index (χ1n) is 11.1. The third-order valence-corrected chi connectivity index (χ3v) is 5.15. The molecule has 2 N–H and O–H groups in total. The van der Waals surface area contributed by atoms with Crippen LogP contribution in [0.25, 0.3) is 0 Å². The number of amides is 1. The predicted molar refractivity (Wildman–Crippen MR) is 112 cm³/mol. The van der Waals surface area contributed by atoms with E-state index in [1.807, 2.05) is 0 Å². The lowest BCUT2D eigenvalue weighted by molar-refractivity contribution is -0.342. The van der Waals surface area contributed by atoms with Gasteiger partial charge in [-0.15, -0.1) is 0 Å². The van der Waals surface area contributed by atoms with Crippen LogP contribution in [0.2, 0.25) is 0 Å². The first-order valence-corrected chi connectivity index (χ1v) is 12.6. The van der Waals surface area contributed by atoms with Crippen LogP contribution in [0.1, 0.15) is 96.8 Å². The van der Waals surface area contributed by atoms with Crippen molar-refractivity contribution in [2.75, 3.05) is 13.2 Å². The number of allylic oxidation sites excluding steroid dienone is 2. The van der Waals surface area contributed by atoms with Crippen molar-refractivity contribution in [3.8, 4) is 0 Å². The van der Waals surface area contributed by atoms with Crippen LogP contribution >= 0.6 is 7.82 Å². The van der Waals surface area contributed by atoms with E-state index in [9.17, 15) is 19.1 Å². The standard InChI is InChI=1S/C21H42NO6P/c1-2-3-4-5-6-7-8-9-10-11-12-13-14-15-16-17-21(24)22-20(18-23)19-28-29(25,26)27/h9-10,20,23H,2-8,11-19H2,1H3,(H,22,24)(H2,25,26,27)/p-2/b10-9-/t20-/m0/s1. The smallest absolute Gasteiger partial charge is 0.220 e. The number of phosphoric ester groups is 1. The molecule has 0 aromatic heterocycles. The van der Waals surface area contributed by atoms with Gasteiger partial charge in [-0.25, -0.2) is 0 Å². The molecule has 1 atom stereocenters. The summed E-state index contributed by atoms with van der Waals surface area (Å²) in [6.07, 6.45) is 20.2. The second-order valence-electron chi connectivity index (χ2n) is 7.52. The Bertz CT molecular complexity index is 466. The Morgan fingerprint density at radius 1 is 0.966 bits per heavy atom. The van der Waals surface area contributed by atoms with Crippen molar-refractivity contribution in [3.05, 3.63) is 12.2 Å². The number of unbranched alkanes of at least 4 members (excludes halogenated alkanes) is 11. The van der Waals surface area contributed by atoms with Gasteiger partial charge in [0.05, 0.1) is 27.1 Å². The third kappa shape index (κ3) is 21.8. The summed E-state index contributed by atoms with van der Waals surface area (Å²) < 4.78 is 14.5. The van der Waals surface area contributed by atoms with Gasteiger partial charge in [-0.2, -0.15) is 0 Å². The Labute approximate surface area is 176 Å². The predicted octanol–water partition coefficient (Wildman–Crippen LogP) is 3.35. The maximum absolute atomic E-state index is 11.8. The molecule has 0 aromatic rings. The lowest BCUT2D eigenvalue weighted by Gasteiger charge is -2.30. The van der Waals surface area contributed by atoms with Crippen molar-refractivity contribution < 1.29 is 28.8 Å². The van der Waals surface area contributed by atoms with Crippen molar-refractivity contribution in [1.82, 2.24) is 5.32 Å². The highest BCUT2D eigenvalue weighted by Gasteiger charge is 2.12. The molecular weight excluding hydrogens is 393 g/mol. The minimum atomic E-state index is -5.10. The number of nitrogens with one attached hydrogen (secondary N) is 1. The fourth-order valence-electron chi connectivity index (χ4n) is 2.98. The number of aliphatic hydroxyl groups is 1. The van der Waals surface area contributed by atoms with E-state index in [0.29, 0.717) is 6.42 Å². The monoisotopic (exact) mass is 433 g/mol. The molecule has 8 heteroatoms. The van der Waals surface area contributed by atoms with Crippen LogP contribution in [-0.4, -0.2) is 30.3 Å². The molecule has 0 heterocycles. The molecule has 0 bridgehead atoms. The molecule has 0 saturated carbocycles. The fraction of sp³-hybridized carbons (Fsp3) is 0.857. The van der Waals surface area contributed by atoms with Gasteiger partial charge in [0.1, 0.15) is 0 Å². The van der Waals surface area contributed by atoms with Gasteiger partial charge >= 0.3 is 0 Å². The van der Waals surface area contributed by atoms with Gasteiger partial charge in [-0.3, -0.25) is 4.79 Å². The second kappa shape index (κ2) is 19.3. The summed E-state index contributed by atoms with van der Waals surface area (Å²) >= 11 is 0. The average molecular weight is 434 g/mol. The summed E-state index contributed by atoms with van der Waals surface area (Å²) in [5, 5.41) is 11.5. The number of carbonyl (C=O) groups is 1. The van der Waals surface area contributed by atoms with Crippen molar-refractivity contribution in [1.29, 1.82) is 0 Å². The summed E-state index contributed by atoms with van der Waals surface area (Å²) in [6.45, 7) is 1.21.